The van der Waals surface area contributed by atoms with E-state index in [0.717, 1.165) is 74.1 Å². The smallest absolute Gasteiger partial charge is 0.323 e. The fourth-order valence-corrected chi connectivity index (χ4v) is 19.1. The van der Waals surface area contributed by atoms with Crippen LogP contribution in [0, 0.1) is 5.92 Å². The van der Waals surface area contributed by atoms with Crippen molar-refractivity contribution in [3.8, 4) is 0 Å². The summed E-state index contributed by atoms with van der Waals surface area (Å²) >= 11 is 8.51. The van der Waals surface area contributed by atoms with Gasteiger partial charge < -0.3 is 112 Å². The molecule has 0 spiro atoms. The van der Waals surface area contributed by atoms with Gasteiger partial charge in [0, 0.05) is 107 Å². The maximum Gasteiger partial charge on any atom is 0.323 e. The minimum atomic E-state index is -1.18. The Morgan fingerprint density at radius 3 is 0.888 bits per heavy atom. The molecule has 10 amide bonds. The third-order valence-corrected chi connectivity index (χ3v) is 28.3. The molecule has 5 unspecified atom stereocenters. The number of aliphatic hydroxyl groups excluding tert-OH is 5. The second-order valence-electron chi connectivity index (χ2n) is 31.7. The first-order valence-electron chi connectivity index (χ1n) is 35.2. The van der Waals surface area contributed by atoms with Crippen molar-refractivity contribution < 1.29 is 82.7 Å². The zero-order valence-corrected chi connectivity index (χ0v) is 71.6. The highest BCUT2D eigenvalue weighted by Gasteiger charge is 2.50. The number of hydrogen-bond donors (Lipinski definition) is 15. The molecule has 5 fully saturated rings. The molecule has 0 saturated carbocycles. The van der Waals surface area contributed by atoms with E-state index in [2.05, 4.69) is 207 Å². The quantitative estimate of drug-likeness (QED) is 0.0304. The summed E-state index contributed by atoms with van der Waals surface area (Å²) in [5.74, 6) is -0.0407. The Hall–Kier alpha value is -4.21. The van der Waals surface area contributed by atoms with E-state index in [1.54, 1.807) is 39.0 Å². The van der Waals surface area contributed by atoms with E-state index in [-0.39, 0.29) is 82.7 Å². The van der Waals surface area contributed by atoms with E-state index in [1.807, 2.05) is 6.92 Å². The Bertz CT molecular complexity index is 3440. The van der Waals surface area contributed by atoms with Crippen molar-refractivity contribution in [3.05, 3.63) is 120 Å². The molecular formula is C73H119ClIN10O17P5. The van der Waals surface area contributed by atoms with Gasteiger partial charge in [0.2, 0.25) is 0 Å². The van der Waals surface area contributed by atoms with Gasteiger partial charge in [-0.1, -0.05) is 62.4 Å². The number of alkyl halides is 2. The molecule has 15 N–H and O–H groups in total. The fourth-order valence-electron chi connectivity index (χ4n) is 12.9. The van der Waals surface area contributed by atoms with Crippen LogP contribution in [0.1, 0.15) is 39.0 Å². The van der Waals surface area contributed by atoms with Crippen LogP contribution in [0.3, 0.4) is 0 Å². The van der Waals surface area contributed by atoms with Gasteiger partial charge in [-0.05, 0) is 130 Å². The van der Waals surface area contributed by atoms with Crippen molar-refractivity contribution >= 4 is 130 Å². The minimum absolute atomic E-state index is 0.0407. The van der Waals surface area contributed by atoms with Gasteiger partial charge in [-0.3, -0.25) is 0 Å². The summed E-state index contributed by atoms with van der Waals surface area (Å²) in [6.45, 7) is 37.0. The molecule has 10 heterocycles. The SMILES string of the molecule is C=C1NC(=O)NC=C1C1O[C@H](CCP(=C)(C)C)[C@@H](O)[C@H]1C.C=C1NC(=O)NC=C1C1O[C@H](CCP(=C)(C)C)[C@@H](O)[C@H]1Cl.C=C1NC(=O)NC=C1C1O[C@H](CCP(=C)(C)C)[C@@H](O)[C@H]1I.C=C1NC(=O)NC=C1C1O[C@H](CCP(=C)(C)C)[C@@H](O)[C@H]1OC.C=C1NC(=O)NC=C1C1O[C@H](CCP(=C)(C)C)[C@@H](O)[C@H]1OC. The first-order valence-corrected chi connectivity index (χ1v) is 52.2. The monoisotopic (exact) mass is 1720 g/mol. The lowest BCUT2D eigenvalue weighted by atomic mass is 9.92. The predicted octanol–water partition coefficient (Wildman–Crippen LogP) is 6.70. The van der Waals surface area contributed by atoms with Crippen molar-refractivity contribution in [2.24, 2.45) is 5.92 Å². The first-order chi connectivity index (χ1) is 49.5. The maximum absolute atomic E-state index is 11.3. The van der Waals surface area contributed by atoms with Gasteiger partial charge in [-0.2, -0.15) is 0 Å². The number of carbonyl (C=O) groups is 5. The molecule has 20 atom stereocenters. The Morgan fingerprint density at radius 2 is 0.607 bits per heavy atom. The molecule has 107 heavy (non-hydrogen) atoms. The number of urea groups is 5. The van der Waals surface area contributed by atoms with E-state index >= 15 is 0 Å². The number of hydrogen-bond acceptors (Lipinski definition) is 17. The molecule has 10 rings (SSSR count). The summed E-state index contributed by atoms with van der Waals surface area (Å²) in [5, 5.41) is 77.4. The van der Waals surface area contributed by atoms with Gasteiger partial charge in [0.1, 0.15) is 48.8 Å². The number of rotatable bonds is 22. The Morgan fingerprint density at radius 1 is 0.383 bits per heavy atom. The molecule has 0 radical (unpaired) electrons. The number of methoxy groups -OCH3 is 2. The fraction of sp³-hybridized carbons (Fsp3) is 0.589. The van der Waals surface area contributed by atoms with Gasteiger partial charge in [0.25, 0.3) is 0 Å². The van der Waals surface area contributed by atoms with Crippen molar-refractivity contribution in [2.45, 2.75) is 152 Å². The van der Waals surface area contributed by atoms with Crippen LogP contribution in [0.15, 0.2) is 120 Å². The third-order valence-electron chi connectivity index (χ3n) is 19.1. The summed E-state index contributed by atoms with van der Waals surface area (Å²) in [5.41, 5.74) is 6.09. The number of nitrogens with one attached hydrogen (secondary N) is 10. The molecule has 5 saturated heterocycles. The number of carbonyl (C=O) groups excluding carboxylic acids is 5. The number of aliphatic hydroxyl groups is 5. The van der Waals surface area contributed by atoms with E-state index in [4.69, 9.17) is 44.8 Å². The summed E-state index contributed by atoms with van der Waals surface area (Å²) in [7, 11) is 3.09. The highest BCUT2D eigenvalue weighted by Crippen LogP contribution is 2.46. The Labute approximate surface area is 651 Å². The second kappa shape index (κ2) is 39.0. The molecule has 0 aliphatic carbocycles. The topological polar surface area (TPSA) is 371 Å². The van der Waals surface area contributed by atoms with Crippen LogP contribution in [-0.2, 0) is 33.2 Å². The van der Waals surface area contributed by atoms with Crippen LogP contribution in [0.25, 0.3) is 0 Å². The summed E-state index contributed by atoms with van der Waals surface area (Å²) in [6.07, 6.45) is 30.0. The second-order valence-corrected chi connectivity index (χ2v) is 55.2. The zero-order valence-electron chi connectivity index (χ0n) is 64.2. The highest BCUT2D eigenvalue weighted by molar-refractivity contribution is 14.1. The third kappa shape index (κ3) is 26.7. The minimum Gasteiger partial charge on any atom is -0.390 e. The van der Waals surface area contributed by atoms with Crippen LogP contribution >= 0.6 is 68.6 Å². The molecule has 10 aliphatic heterocycles. The van der Waals surface area contributed by atoms with Gasteiger partial charge in [0.15, 0.2) is 0 Å². The number of amides is 10. The lowest BCUT2D eigenvalue weighted by Crippen LogP contribution is -2.42. The van der Waals surface area contributed by atoms with Gasteiger partial charge in [-0.15, -0.1) is 77.5 Å². The summed E-state index contributed by atoms with van der Waals surface area (Å²) < 4.78 is 40.8. The molecular weight excluding hydrogens is 1610 g/mol. The predicted molar refractivity (Wildman–Crippen MR) is 453 cm³/mol. The molecule has 0 aromatic rings. The van der Waals surface area contributed by atoms with Gasteiger partial charge >= 0.3 is 30.2 Å². The molecule has 27 nitrogen and oxygen atoms in total. The van der Waals surface area contributed by atoms with Crippen molar-refractivity contribution in [3.63, 3.8) is 0 Å². The number of halogens is 2. The molecule has 602 valence electrons. The van der Waals surface area contributed by atoms with E-state index in [9.17, 15) is 49.5 Å². The Kier molecular flexibility index (Phi) is 33.4. The van der Waals surface area contributed by atoms with E-state index < -0.39 is 101 Å². The highest BCUT2D eigenvalue weighted by atomic mass is 127. The van der Waals surface area contributed by atoms with Crippen LogP contribution in [0.5, 0.6) is 0 Å². The van der Waals surface area contributed by atoms with Gasteiger partial charge in [0.05, 0.1) is 64.2 Å². The first kappa shape index (κ1) is 91.7. The van der Waals surface area contributed by atoms with Crippen molar-refractivity contribution in [1.29, 1.82) is 0 Å². The van der Waals surface area contributed by atoms with Crippen molar-refractivity contribution in [2.75, 3.05) is 112 Å². The zero-order chi connectivity index (χ0) is 80.3. The van der Waals surface area contributed by atoms with E-state index in [0.29, 0.717) is 45.2 Å². The summed E-state index contributed by atoms with van der Waals surface area (Å²) in [4.78, 5) is 56.2. The summed E-state index contributed by atoms with van der Waals surface area (Å²) in [6, 6.07) is -1.60. The molecule has 0 bridgehead atoms. The largest absolute Gasteiger partial charge is 0.390 e. The molecule has 0 aromatic heterocycles. The average Bonchev–Trinajstić information content (AvgIpc) is 1.66. The van der Waals surface area contributed by atoms with Crippen LogP contribution < -0.4 is 53.2 Å². The Balaban J connectivity index is 0.000000209. The molecule has 0 aromatic carbocycles. The van der Waals surface area contributed by atoms with E-state index in [1.165, 1.54) is 6.20 Å². The van der Waals surface area contributed by atoms with Crippen LogP contribution in [0.2, 0.25) is 0 Å². The average molecular weight is 1730 g/mol. The van der Waals surface area contributed by atoms with Gasteiger partial charge in [-0.25, -0.2) is 24.0 Å². The van der Waals surface area contributed by atoms with Crippen molar-refractivity contribution in [1.82, 2.24) is 53.2 Å². The van der Waals surface area contributed by atoms with Crippen LogP contribution in [-0.4, -0.2) is 312 Å². The number of ether oxygens (including phenoxy) is 7. The van der Waals surface area contributed by atoms with Crippen LogP contribution in [0.4, 0.5) is 24.0 Å². The lowest BCUT2D eigenvalue weighted by Gasteiger charge is -2.25. The normalized spacial score (nSPS) is 33.0. The maximum atomic E-state index is 11.3. The molecule has 10 aliphatic rings. The standard InChI is InChI=1S/2C15H25N2O4P.C15H25N2O3P.C14H22ClN2O3P.C14H22IN2O3P/c2*1-9-10(8-16-15(19)17-9)13-14(20-2)12(18)11(21-13)6-7-22(3,4)5;1-9-13(18)12(6-7-21(3,4)5)20-14(9)11-8-16-15(19)17-10(11)2;2*1-8-9(7-16-14(19)17-8)13-11(15)12(18)10(20-13)5-6-21(2,3)4/h2*8,11-14,18H,1,3,6-7H2,2,4-5H3,(H2,16,17,19);8-9,12-14,18H,2-3,6-7H2,1,4-5H3,(H2,16,17,19);2*7,10-13,18H,1-2,5-6H2,3-4H3,(H2,16,17,19)/t2*11-,12-,13?,14-;9-,12-,13+,14?;2*10-,11-,12-,13?/m11111/s1. The molecule has 34 heteroatoms. The lowest BCUT2D eigenvalue weighted by molar-refractivity contribution is 0.000132.